The van der Waals surface area contributed by atoms with E-state index < -0.39 is 0 Å². The first-order valence-corrected chi connectivity index (χ1v) is 9.66. The lowest BCUT2D eigenvalue weighted by atomic mass is 9.92. The van der Waals surface area contributed by atoms with Crippen LogP contribution in [0.25, 0.3) is 22.0 Å². The van der Waals surface area contributed by atoms with Crippen molar-refractivity contribution in [3.8, 4) is 28.4 Å². The highest BCUT2D eigenvalue weighted by molar-refractivity contribution is 5.92. The van der Waals surface area contributed by atoms with Crippen LogP contribution in [0.3, 0.4) is 0 Å². The highest BCUT2D eigenvalue weighted by Crippen LogP contribution is 2.51. The number of aromatic nitrogens is 1. The number of hydrogen-bond acceptors (Lipinski definition) is 4. The van der Waals surface area contributed by atoms with Crippen LogP contribution >= 0.6 is 0 Å². The number of aryl methyl sites for hydroxylation is 2. The van der Waals surface area contributed by atoms with Crippen LogP contribution in [0, 0.1) is 0 Å². The molecule has 1 aromatic heterocycles. The molecule has 0 spiro atoms. The molecule has 1 unspecified atom stereocenters. The summed E-state index contributed by atoms with van der Waals surface area (Å²) in [6.45, 7) is 1.56. The minimum Gasteiger partial charge on any atom is -0.493 e. The number of rotatable bonds is 4. The molecular weight excluding hydrogens is 368 g/mol. The first-order valence-electron chi connectivity index (χ1n) is 9.66. The van der Waals surface area contributed by atoms with Gasteiger partial charge in [0.05, 0.1) is 27.4 Å². The lowest BCUT2D eigenvalue weighted by molar-refractivity contribution is -0.119. The molecule has 0 aliphatic heterocycles. The van der Waals surface area contributed by atoms with Gasteiger partial charge in [0.25, 0.3) is 0 Å². The van der Waals surface area contributed by atoms with Crippen LogP contribution in [0.5, 0.6) is 17.2 Å². The van der Waals surface area contributed by atoms with Crippen molar-refractivity contribution in [1.82, 2.24) is 9.88 Å². The molecule has 1 aliphatic carbocycles. The Hall–Kier alpha value is -3.15. The van der Waals surface area contributed by atoms with Gasteiger partial charge in [0, 0.05) is 36.6 Å². The smallest absolute Gasteiger partial charge is 0.217 e. The minimum atomic E-state index is -0.0871. The van der Waals surface area contributed by atoms with E-state index in [1.165, 1.54) is 0 Å². The molecular formula is C23H26N2O4. The van der Waals surface area contributed by atoms with E-state index in [1.54, 1.807) is 28.3 Å². The molecule has 6 nitrogen and oxygen atoms in total. The Balaban J connectivity index is 2.07. The van der Waals surface area contributed by atoms with E-state index >= 15 is 0 Å². The zero-order valence-corrected chi connectivity index (χ0v) is 17.5. The third-order valence-corrected chi connectivity index (χ3v) is 5.69. The van der Waals surface area contributed by atoms with Gasteiger partial charge in [-0.3, -0.25) is 4.79 Å². The van der Waals surface area contributed by atoms with Crippen LogP contribution < -0.4 is 19.5 Å². The third kappa shape index (κ3) is 3.09. The van der Waals surface area contributed by atoms with E-state index in [0.717, 1.165) is 46.0 Å². The third-order valence-electron chi connectivity index (χ3n) is 5.69. The molecule has 0 bridgehead atoms. The Morgan fingerprint density at radius 2 is 1.86 bits per heavy atom. The summed E-state index contributed by atoms with van der Waals surface area (Å²) in [5.41, 5.74) is 5.37. The van der Waals surface area contributed by atoms with Crippen LogP contribution in [0.2, 0.25) is 0 Å². The van der Waals surface area contributed by atoms with Crippen molar-refractivity contribution in [2.24, 2.45) is 7.05 Å². The number of hydrogen-bond donors (Lipinski definition) is 1. The largest absolute Gasteiger partial charge is 0.493 e. The Morgan fingerprint density at radius 3 is 2.52 bits per heavy atom. The molecule has 29 heavy (non-hydrogen) atoms. The number of benzene rings is 2. The van der Waals surface area contributed by atoms with Crippen molar-refractivity contribution in [1.29, 1.82) is 0 Å². The normalized spacial score (nSPS) is 15.3. The van der Waals surface area contributed by atoms with E-state index in [9.17, 15) is 4.79 Å². The Bertz CT molecular complexity index is 1100. The number of amides is 1. The maximum Gasteiger partial charge on any atom is 0.217 e. The fraction of sp³-hybridized carbons (Fsp3) is 0.348. The van der Waals surface area contributed by atoms with Crippen molar-refractivity contribution < 1.29 is 19.0 Å². The quantitative estimate of drug-likeness (QED) is 0.727. The topological polar surface area (TPSA) is 61.7 Å². The molecule has 1 atom stereocenters. The SMILES string of the molecule is COc1cc2c(c(OC)c1OC)-c1cc3ccn(C)c3cc1C(NC(C)=O)CC2. The van der Waals surface area contributed by atoms with Crippen LogP contribution in [0.1, 0.15) is 30.5 Å². The van der Waals surface area contributed by atoms with Gasteiger partial charge in [0.15, 0.2) is 11.5 Å². The second kappa shape index (κ2) is 7.35. The van der Waals surface area contributed by atoms with Gasteiger partial charge in [-0.15, -0.1) is 0 Å². The number of ether oxygens (including phenoxy) is 3. The van der Waals surface area contributed by atoms with Crippen molar-refractivity contribution in [2.75, 3.05) is 21.3 Å². The standard InChI is InChI=1S/C23H26N2O4/c1-13(26)24-18-7-6-15-11-20(27-3)22(28-4)23(29-5)21(15)17-10-14-8-9-25(2)19(14)12-16(17)18/h8-12,18H,6-7H2,1-5H3,(H,24,26). The fourth-order valence-electron chi connectivity index (χ4n) is 4.39. The van der Waals surface area contributed by atoms with Gasteiger partial charge in [-0.05, 0) is 53.8 Å². The highest BCUT2D eigenvalue weighted by atomic mass is 16.5. The molecule has 1 aliphatic rings. The average Bonchev–Trinajstić information content (AvgIpc) is 3.00. The summed E-state index contributed by atoms with van der Waals surface area (Å²) in [5.74, 6) is 1.83. The summed E-state index contributed by atoms with van der Waals surface area (Å²) in [5, 5.41) is 4.27. The fourth-order valence-corrected chi connectivity index (χ4v) is 4.39. The van der Waals surface area contributed by atoms with Gasteiger partial charge in [0.2, 0.25) is 11.7 Å². The van der Waals surface area contributed by atoms with E-state index in [-0.39, 0.29) is 11.9 Å². The number of carbonyl (C=O) groups is 1. The maximum atomic E-state index is 11.9. The van der Waals surface area contributed by atoms with Gasteiger partial charge in [0.1, 0.15) is 0 Å². The molecule has 0 saturated carbocycles. The van der Waals surface area contributed by atoms with Gasteiger partial charge >= 0.3 is 0 Å². The second-order valence-corrected chi connectivity index (χ2v) is 7.40. The van der Waals surface area contributed by atoms with Crippen molar-refractivity contribution in [3.05, 3.63) is 41.6 Å². The Morgan fingerprint density at radius 1 is 1.10 bits per heavy atom. The Labute approximate surface area is 170 Å². The number of methoxy groups -OCH3 is 3. The first kappa shape index (κ1) is 19.2. The van der Waals surface area contributed by atoms with Crippen LogP contribution in [-0.2, 0) is 18.3 Å². The second-order valence-electron chi connectivity index (χ2n) is 7.40. The summed E-state index contributed by atoms with van der Waals surface area (Å²) in [6, 6.07) is 8.39. The number of nitrogens with one attached hydrogen (secondary N) is 1. The van der Waals surface area contributed by atoms with E-state index in [2.05, 4.69) is 28.1 Å². The molecule has 1 N–H and O–H groups in total. The minimum absolute atomic E-state index is 0.0407. The van der Waals surface area contributed by atoms with Gasteiger partial charge in [-0.1, -0.05) is 0 Å². The van der Waals surface area contributed by atoms with E-state index in [0.29, 0.717) is 17.2 Å². The lowest BCUT2D eigenvalue weighted by Gasteiger charge is -2.21. The molecule has 3 aromatic rings. The zero-order chi connectivity index (χ0) is 20.7. The molecule has 0 saturated heterocycles. The summed E-state index contributed by atoms with van der Waals surface area (Å²) in [4.78, 5) is 11.9. The summed E-state index contributed by atoms with van der Waals surface area (Å²) >= 11 is 0. The summed E-state index contributed by atoms with van der Waals surface area (Å²) < 4.78 is 19.1. The average molecular weight is 394 g/mol. The molecule has 152 valence electrons. The van der Waals surface area contributed by atoms with Crippen LogP contribution in [-0.4, -0.2) is 31.8 Å². The molecule has 6 heteroatoms. The molecule has 1 amide bonds. The predicted octanol–water partition coefficient (Wildman–Crippen LogP) is 3.99. The van der Waals surface area contributed by atoms with Gasteiger partial charge < -0.3 is 24.1 Å². The van der Waals surface area contributed by atoms with Crippen LogP contribution in [0.4, 0.5) is 0 Å². The molecule has 1 heterocycles. The molecule has 0 fully saturated rings. The number of fused-ring (bicyclic) bond motifs is 4. The lowest BCUT2D eigenvalue weighted by Crippen LogP contribution is -2.26. The number of nitrogens with zero attached hydrogens (tertiary/aromatic N) is 1. The summed E-state index contributed by atoms with van der Waals surface area (Å²) in [7, 11) is 6.92. The van der Waals surface area contributed by atoms with Crippen LogP contribution in [0.15, 0.2) is 30.5 Å². The van der Waals surface area contributed by atoms with E-state index in [4.69, 9.17) is 14.2 Å². The first-order chi connectivity index (χ1) is 14.0. The zero-order valence-electron chi connectivity index (χ0n) is 17.5. The van der Waals surface area contributed by atoms with Crippen molar-refractivity contribution in [2.45, 2.75) is 25.8 Å². The molecule has 4 rings (SSSR count). The van der Waals surface area contributed by atoms with E-state index in [1.807, 2.05) is 19.3 Å². The monoisotopic (exact) mass is 394 g/mol. The van der Waals surface area contributed by atoms with Crippen molar-refractivity contribution in [3.63, 3.8) is 0 Å². The van der Waals surface area contributed by atoms with Gasteiger partial charge in [-0.25, -0.2) is 0 Å². The highest BCUT2D eigenvalue weighted by Gasteiger charge is 2.29. The van der Waals surface area contributed by atoms with Crippen molar-refractivity contribution >= 4 is 16.8 Å². The predicted molar refractivity (Wildman–Crippen MR) is 113 cm³/mol. The maximum absolute atomic E-state index is 11.9. The number of carbonyl (C=O) groups excluding carboxylic acids is 1. The molecule has 2 aromatic carbocycles. The Kier molecular flexibility index (Phi) is 4.86. The van der Waals surface area contributed by atoms with Gasteiger partial charge in [-0.2, -0.15) is 0 Å². The molecule has 0 radical (unpaired) electrons. The summed E-state index contributed by atoms with van der Waals surface area (Å²) in [6.07, 6.45) is 3.61.